The Balaban J connectivity index is 1.46. The highest BCUT2D eigenvalue weighted by Crippen LogP contribution is 2.23. The fourth-order valence-electron chi connectivity index (χ4n) is 3.70. The number of carbonyl (C=O) groups excluding carboxylic acids is 2. The first-order chi connectivity index (χ1) is 14.9. The zero-order chi connectivity index (χ0) is 22.4. The number of methoxy groups -OCH3 is 1. The molecule has 31 heavy (non-hydrogen) atoms. The Morgan fingerprint density at radius 2 is 1.87 bits per heavy atom. The second-order valence-electron chi connectivity index (χ2n) is 7.82. The number of piperidine rings is 1. The number of halogens is 1. The van der Waals surface area contributed by atoms with Crippen molar-refractivity contribution in [2.24, 2.45) is 0 Å². The molecule has 0 saturated carbocycles. The summed E-state index contributed by atoms with van der Waals surface area (Å²) in [7, 11) is 1.61. The third-order valence-corrected chi connectivity index (χ3v) is 5.77. The monoisotopic (exact) mass is 444 g/mol. The van der Waals surface area contributed by atoms with Gasteiger partial charge in [-0.15, -0.1) is 0 Å². The Kier molecular flexibility index (Phi) is 7.80. The van der Waals surface area contributed by atoms with Crippen LogP contribution < -0.4 is 14.8 Å². The molecule has 1 atom stereocenters. The zero-order valence-corrected chi connectivity index (χ0v) is 18.9. The lowest BCUT2D eigenvalue weighted by atomic mass is 10.0. The lowest BCUT2D eigenvalue weighted by Crippen LogP contribution is -2.49. The van der Waals surface area contributed by atoms with Crippen molar-refractivity contribution in [1.29, 1.82) is 0 Å². The van der Waals surface area contributed by atoms with Gasteiger partial charge in [-0.2, -0.15) is 0 Å². The highest BCUT2D eigenvalue weighted by atomic mass is 35.5. The van der Waals surface area contributed by atoms with E-state index < -0.39 is 6.10 Å². The Morgan fingerprint density at radius 1 is 1.16 bits per heavy atom. The summed E-state index contributed by atoms with van der Waals surface area (Å²) in [5, 5.41) is 3.68. The van der Waals surface area contributed by atoms with E-state index in [0.29, 0.717) is 30.3 Å². The zero-order valence-electron chi connectivity index (χ0n) is 18.2. The van der Waals surface area contributed by atoms with Crippen LogP contribution in [0.3, 0.4) is 0 Å². The van der Waals surface area contributed by atoms with Gasteiger partial charge in [0.05, 0.1) is 13.5 Å². The average Bonchev–Trinajstić information content (AvgIpc) is 2.76. The molecule has 1 aliphatic rings. The predicted molar refractivity (Wildman–Crippen MR) is 121 cm³/mol. The van der Waals surface area contributed by atoms with Crippen LogP contribution in [0.2, 0.25) is 5.02 Å². The summed E-state index contributed by atoms with van der Waals surface area (Å²) < 4.78 is 11.1. The Hall–Kier alpha value is -2.73. The molecule has 1 saturated heterocycles. The number of hydrogen-bond acceptors (Lipinski definition) is 4. The largest absolute Gasteiger partial charge is 0.496 e. The van der Waals surface area contributed by atoms with Gasteiger partial charge < -0.3 is 19.7 Å². The van der Waals surface area contributed by atoms with Gasteiger partial charge >= 0.3 is 0 Å². The Labute approximate surface area is 188 Å². The smallest absolute Gasteiger partial charge is 0.260 e. The SMILES string of the molecule is COc1ccccc1CC(=O)N1CCC(NC(=O)C(C)Oc2ccc(Cl)cc2C)CC1. The van der Waals surface area contributed by atoms with Gasteiger partial charge in [0, 0.05) is 29.7 Å². The Bertz CT molecular complexity index is 926. The summed E-state index contributed by atoms with van der Waals surface area (Å²) in [6, 6.07) is 12.9. The summed E-state index contributed by atoms with van der Waals surface area (Å²) in [5.74, 6) is 1.28. The topological polar surface area (TPSA) is 67.9 Å². The average molecular weight is 445 g/mol. The first kappa shape index (κ1) is 22.9. The number of benzene rings is 2. The van der Waals surface area contributed by atoms with Crippen molar-refractivity contribution in [2.45, 2.75) is 45.3 Å². The molecule has 0 aromatic heterocycles. The molecule has 3 rings (SSSR count). The molecule has 2 amide bonds. The number of carbonyl (C=O) groups is 2. The number of para-hydroxylation sites is 1. The molecule has 166 valence electrons. The van der Waals surface area contributed by atoms with Crippen molar-refractivity contribution in [1.82, 2.24) is 10.2 Å². The highest BCUT2D eigenvalue weighted by molar-refractivity contribution is 6.30. The summed E-state index contributed by atoms with van der Waals surface area (Å²) in [5.41, 5.74) is 1.77. The number of amides is 2. The van der Waals surface area contributed by atoms with Crippen molar-refractivity contribution >= 4 is 23.4 Å². The number of nitrogens with one attached hydrogen (secondary N) is 1. The van der Waals surface area contributed by atoms with Crippen LogP contribution >= 0.6 is 11.6 Å². The molecular formula is C24H29ClN2O4. The van der Waals surface area contributed by atoms with Gasteiger partial charge in [0.2, 0.25) is 5.91 Å². The van der Waals surface area contributed by atoms with E-state index in [1.54, 1.807) is 32.2 Å². The van der Waals surface area contributed by atoms with E-state index >= 15 is 0 Å². The van der Waals surface area contributed by atoms with Crippen LogP contribution in [0.1, 0.15) is 30.9 Å². The van der Waals surface area contributed by atoms with Crippen molar-refractivity contribution in [3.63, 3.8) is 0 Å². The van der Waals surface area contributed by atoms with Gasteiger partial charge in [0.25, 0.3) is 5.91 Å². The van der Waals surface area contributed by atoms with Crippen LogP contribution in [0.25, 0.3) is 0 Å². The molecule has 1 unspecified atom stereocenters. The molecule has 1 fully saturated rings. The van der Waals surface area contributed by atoms with Gasteiger partial charge in [-0.25, -0.2) is 0 Å². The molecule has 0 spiro atoms. The molecule has 2 aromatic rings. The summed E-state index contributed by atoms with van der Waals surface area (Å²) in [6.45, 7) is 4.85. The molecule has 0 radical (unpaired) electrons. The quantitative estimate of drug-likeness (QED) is 0.705. The lowest BCUT2D eigenvalue weighted by Gasteiger charge is -2.33. The van der Waals surface area contributed by atoms with Crippen molar-refractivity contribution in [3.05, 3.63) is 58.6 Å². The fourth-order valence-corrected chi connectivity index (χ4v) is 3.93. The maximum atomic E-state index is 12.7. The molecule has 0 bridgehead atoms. The van der Waals surface area contributed by atoms with E-state index in [1.807, 2.05) is 36.1 Å². The van der Waals surface area contributed by atoms with Gasteiger partial charge in [-0.05, 0) is 56.5 Å². The van der Waals surface area contributed by atoms with E-state index in [9.17, 15) is 9.59 Å². The molecule has 2 aromatic carbocycles. The lowest BCUT2D eigenvalue weighted by molar-refractivity contribution is -0.132. The van der Waals surface area contributed by atoms with Gasteiger partial charge in [-0.1, -0.05) is 29.8 Å². The Morgan fingerprint density at radius 3 is 2.55 bits per heavy atom. The molecule has 0 aliphatic carbocycles. The standard InChI is InChI=1S/C24H29ClN2O4/c1-16-14-19(25)8-9-21(16)31-17(2)24(29)26-20-10-12-27(13-11-20)23(28)15-18-6-4-5-7-22(18)30-3/h4-9,14,17,20H,10-13,15H2,1-3H3,(H,26,29). The summed E-state index contributed by atoms with van der Waals surface area (Å²) in [6.07, 6.45) is 1.13. The third-order valence-electron chi connectivity index (χ3n) is 5.54. The van der Waals surface area contributed by atoms with Crippen molar-refractivity contribution in [3.8, 4) is 11.5 Å². The van der Waals surface area contributed by atoms with E-state index in [2.05, 4.69) is 5.32 Å². The van der Waals surface area contributed by atoms with Crippen LogP contribution in [-0.2, 0) is 16.0 Å². The van der Waals surface area contributed by atoms with E-state index in [0.717, 1.165) is 29.7 Å². The predicted octanol–water partition coefficient (Wildman–Crippen LogP) is 3.77. The van der Waals surface area contributed by atoms with Crippen LogP contribution in [0.4, 0.5) is 0 Å². The molecular weight excluding hydrogens is 416 g/mol. The number of aryl methyl sites for hydroxylation is 1. The van der Waals surface area contributed by atoms with E-state index in [4.69, 9.17) is 21.1 Å². The minimum atomic E-state index is -0.620. The van der Waals surface area contributed by atoms with Gasteiger partial charge in [0.15, 0.2) is 6.10 Å². The number of rotatable bonds is 7. The van der Waals surface area contributed by atoms with Crippen molar-refractivity contribution in [2.75, 3.05) is 20.2 Å². The van der Waals surface area contributed by atoms with E-state index in [-0.39, 0.29) is 17.9 Å². The number of nitrogens with zero attached hydrogens (tertiary/aromatic N) is 1. The first-order valence-electron chi connectivity index (χ1n) is 10.5. The van der Waals surface area contributed by atoms with Crippen molar-refractivity contribution < 1.29 is 19.1 Å². The molecule has 1 heterocycles. The highest BCUT2D eigenvalue weighted by Gasteiger charge is 2.26. The molecule has 7 heteroatoms. The van der Waals surface area contributed by atoms with Crippen LogP contribution in [0.5, 0.6) is 11.5 Å². The minimum absolute atomic E-state index is 0.0279. The normalized spacial score (nSPS) is 15.3. The number of hydrogen-bond donors (Lipinski definition) is 1. The maximum absolute atomic E-state index is 12.7. The van der Waals surface area contributed by atoms with Gasteiger partial charge in [0.1, 0.15) is 11.5 Å². The van der Waals surface area contributed by atoms with Crippen LogP contribution in [-0.4, -0.2) is 49.1 Å². The second-order valence-corrected chi connectivity index (χ2v) is 8.26. The maximum Gasteiger partial charge on any atom is 0.260 e. The fraction of sp³-hybridized carbons (Fsp3) is 0.417. The number of ether oxygens (including phenoxy) is 2. The third kappa shape index (κ3) is 6.14. The van der Waals surface area contributed by atoms with E-state index in [1.165, 1.54) is 0 Å². The first-order valence-corrected chi connectivity index (χ1v) is 10.9. The number of likely N-dealkylation sites (tertiary alicyclic amines) is 1. The summed E-state index contributed by atoms with van der Waals surface area (Å²) in [4.78, 5) is 27.1. The molecule has 1 aliphatic heterocycles. The van der Waals surface area contributed by atoms with Gasteiger partial charge in [-0.3, -0.25) is 9.59 Å². The van der Waals surface area contributed by atoms with Crippen LogP contribution in [0.15, 0.2) is 42.5 Å². The molecule has 6 nitrogen and oxygen atoms in total. The van der Waals surface area contributed by atoms with Crippen LogP contribution in [0, 0.1) is 6.92 Å². The second kappa shape index (κ2) is 10.5. The molecule has 1 N–H and O–H groups in total. The summed E-state index contributed by atoms with van der Waals surface area (Å²) >= 11 is 5.97. The minimum Gasteiger partial charge on any atom is -0.496 e.